The molecular weight excluding hydrogens is 228 g/mol. The second-order valence-corrected chi connectivity index (χ2v) is 4.38. The van der Waals surface area contributed by atoms with Crippen LogP contribution in [0.1, 0.15) is 25.6 Å². The Morgan fingerprint density at radius 3 is 2.67 bits per heavy atom. The molecule has 1 atom stereocenters. The lowest BCUT2D eigenvalue weighted by atomic mass is 10.2. The van der Waals surface area contributed by atoms with E-state index < -0.39 is 0 Å². The van der Waals surface area contributed by atoms with Gasteiger partial charge in [0, 0.05) is 0 Å². The van der Waals surface area contributed by atoms with E-state index in [0.717, 1.165) is 16.7 Å². The fourth-order valence-electron chi connectivity index (χ4n) is 1.65. The van der Waals surface area contributed by atoms with E-state index in [9.17, 15) is 0 Å². The summed E-state index contributed by atoms with van der Waals surface area (Å²) in [6.07, 6.45) is 1.89. The Kier molecular flexibility index (Phi) is 4.19. The number of rotatable bonds is 5. The van der Waals surface area contributed by atoms with E-state index >= 15 is 0 Å². The van der Waals surface area contributed by atoms with E-state index in [1.807, 2.05) is 38.1 Å². The molecule has 3 N–H and O–H groups in total. The van der Waals surface area contributed by atoms with E-state index in [2.05, 4.69) is 15.4 Å². The molecule has 0 spiro atoms. The van der Waals surface area contributed by atoms with Crippen LogP contribution < -0.4 is 11.3 Å². The minimum Gasteiger partial charge on any atom is -0.377 e. The lowest BCUT2D eigenvalue weighted by Gasteiger charge is -2.17. The summed E-state index contributed by atoms with van der Waals surface area (Å²) in [6, 6.07) is 7.60. The largest absolute Gasteiger partial charge is 0.377 e. The molecule has 0 bridgehead atoms. The quantitative estimate of drug-likeness (QED) is 0.618. The molecule has 96 valence electrons. The van der Waals surface area contributed by atoms with Gasteiger partial charge >= 0.3 is 0 Å². The van der Waals surface area contributed by atoms with Gasteiger partial charge in [-0.2, -0.15) is 0 Å². The fraction of sp³-hybridized carbons (Fsp3) is 0.385. The second kappa shape index (κ2) is 5.86. The molecule has 0 saturated carbocycles. The molecule has 0 aliphatic rings. The number of para-hydroxylation sites is 2. The van der Waals surface area contributed by atoms with Gasteiger partial charge in [-0.25, -0.2) is 10.4 Å². The Labute approximate surface area is 106 Å². The zero-order valence-corrected chi connectivity index (χ0v) is 10.6. The van der Waals surface area contributed by atoms with Crippen LogP contribution in [-0.4, -0.2) is 22.7 Å². The van der Waals surface area contributed by atoms with Gasteiger partial charge in [-0.3, -0.25) is 10.8 Å². The van der Waals surface area contributed by atoms with Gasteiger partial charge < -0.3 is 4.74 Å². The highest BCUT2D eigenvalue weighted by Crippen LogP contribution is 2.14. The molecule has 1 heterocycles. The first kappa shape index (κ1) is 12.9. The topological polar surface area (TPSA) is 73.1 Å². The molecule has 2 rings (SSSR count). The maximum absolute atomic E-state index is 5.55. The van der Waals surface area contributed by atoms with Crippen molar-refractivity contribution in [2.75, 3.05) is 6.61 Å². The van der Waals surface area contributed by atoms with Crippen molar-refractivity contribution >= 4 is 11.0 Å². The van der Waals surface area contributed by atoms with Crippen LogP contribution in [0.15, 0.2) is 30.5 Å². The Morgan fingerprint density at radius 1 is 1.28 bits per heavy atom. The highest BCUT2D eigenvalue weighted by atomic mass is 16.5. The van der Waals surface area contributed by atoms with E-state index in [1.165, 1.54) is 0 Å². The van der Waals surface area contributed by atoms with E-state index in [-0.39, 0.29) is 12.1 Å². The number of fused-ring (bicyclic) bond motifs is 1. The van der Waals surface area contributed by atoms with Crippen molar-refractivity contribution in [1.29, 1.82) is 0 Å². The van der Waals surface area contributed by atoms with Crippen LogP contribution in [0.3, 0.4) is 0 Å². The van der Waals surface area contributed by atoms with Gasteiger partial charge in [-0.15, -0.1) is 0 Å². The van der Waals surface area contributed by atoms with Crippen molar-refractivity contribution in [2.24, 2.45) is 5.84 Å². The average molecular weight is 246 g/mol. The zero-order chi connectivity index (χ0) is 13.0. The number of nitrogens with one attached hydrogen (secondary N) is 1. The Hall–Kier alpha value is -1.56. The number of hydrogen-bond acceptors (Lipinski definition) is 5. The van der Waals surface area contributed by atoms with E-state index in [1.54, 1.807) is 6.20 Å². The zero-order valence-electron chi connectivity index (χ0n) is 10.6. The van der Waals surface area contributed by atoms with Crippen LogP contribution in [0.25, 0.3) is 11.0 Å². The Balaban J connectivity index is 2.22. The van der Waals surface area contributed by atoms with Gasteiger partial charge in [0.05, 0.1) is 41.7 Å². The SMILES string of the molecule is CC(C)OCC(NN)c1cnc2ccccc2n1. The molecule has 0 saturated heterocycles. The highest BCUT2D eigenvalue weighted by molar-refractivity contribution is 5.73. The first-order chi connectivity index (χ1) is 8.70. The van der Waals surface area contributed by atoms with Crippen molar-refractivity contribution < 1.29 is 4.74 Å². The van der Waals surface area contributed by atoms with Gasteiger partial charge in [0.2, 0.25) is 0 Å². The lowest BCUT2D eigenvalue weighted by molar-refractivity contribution is 0.0603. The fourth-order valence-corrected chi connectivity index (χ4v) is 1.65. The van der Waals surface area contributed by atoms with Gasteiger partial charge in [-0.05, 0) is 26.0 Å². The summed E-state index contributed by atoms with van der Waals surface area (Å²) in [4.78, 5) is 8.90. The van der Waals surface area contributed by atoms with Crippen molar-refractivity contribution in [3.8, 4) is 0 Å². The van der Waals surface area contributed by atoms with Crippen molar-refractivity contribution in [2.45, 2.75) is 26.0 Å². The smallest absolute Gasteiger partial charge is 0.0890 e. The Morgan fingerprint density at radius 2 is 2.00 bits per heavy atom. The lowest BCUT2D eigenvalue weighted by Crippen LogP contribution is -2.32. The van der Waals surface area contributed by atoms with E-state index in [0.29, 0.717) is 6.61 Å². The number of hydrazine groups is 1. The molecule has 0 amide bonds. The third-order valence-electron chi connectivity index (χ3n) is 2.62. The van der Waals surface area contributed by atoms with Crippen molar-refractivity contribution in [3.63, 3.8) is 0 Å². The van der Waals surface area contributed by atoms with Crippen LogP contribution in [0.4, 0.5) is 0 Å². The number of ether oxygens (including phenoxy) is 1. The van der Waals surface area contributed by atoms with Gasteiger partial charge in [0.15, 0.2) is 0 Å². The first-order valence-corrected chi connectivity index (χ1v) is 6.00. The number of aromatic nitrogens is 2. The van der Waals surface area contributed by atoms with Crippen LogP contribution in [0.2, 0.25) is 0 Å². The first-order valence-electron chi connectivity index (χ1n) is 6.00. The molecular formula is C13H18N4O. The third kappa shape index (κ3) is 3.01. The van der Waals surface area contributed by atoms with Crippen molar-refractivity contribution in [3.05, 3.63) is 36.2 Å². The van der Waals surface area contributed by atoms with Gasteiger partial charge in [0.25, 0.3) is 0 Å². The van der Waals surface area contributed by atoms with Crippen LogP contribution >= 0.6 is 0 Å². The van der Waals surface area contributed by atoms with Crippen LogP contribution in [0, 0.1) is 0 Å². The normalized spacial score (nSPS) is 13.1. The van der Waals surface area contributed by atoms with Crippen LogP contribution in [0.5, 0.6) is 0 Å². The predicted molar refractivity (Wildman–Crippen MR) is 70.7 cm³/mol. The molecule has 5 heteroatoms. The summed E-state index contributed by atoms with van der Waals surface area (Å²) < 4.78 is 5.55. The van der Waals surface area contributed by atoms with Gasteiger partial charge in [-0.1, -0.05) is 12.1 Å². The monoisotopic (exact) mass is 246 g/mol. The molecule has 0 radical (unpaired) electrons. The molecule has 5 nitrogen and oxygen atoms in total. The average Bonchev–Trinajstić information content (AvgIpc) is 2.39. The number of hydrogen-bond donors (Lipinski definition) is 2. The Bertz CT molecular complexity index is 515. The molecule has 18 heavy (non-hydrogen) atoms. The number of nitrogens with zero attached hydrogens (tertiary/aromatic N) is 2. The minimum absolute atomic E-state index is 0.149. The highest BCUT2D eigenvalue weighted by Gasteiger charge is 2.13. The third-order valence-corrected chi connectivity index (χ3v) is 2.62. The molecule has 2 aromatic rings. The summed E-state index contributed by atoms with van der Waals surface area (Å²) in [5.74, 6) is 5.54. The van der Waals surface area contributed by atoms with E-state index in [4.69, 9.17) is 10.6 Å². The summed E-state index contributed by atoms with van der Waals surface area (Å²) in [6.45, 7) is 4.44. The number of nitrogens with two attached hydrogens (primary N) is 1. The number of benzene rings is 1. The summed E-state index contributed by atoms with van der Waals surface area (Å²) in [7, 11) is 0. The standard InChI is InChI=1S/C13H18N4O/c1-9(2)18-8-13(17-14)12-7-15-10-5-3-4-6-11(10)16-12/h3-7,9,13,17H,8,14H2,1-2H3. The molecule has 1 aromatic carbocycles. The molecule has 1 unspecified atom stereocenters. The van der Waals surface area contributed by atoms with Gasteiger partial charge in [0.1, 0.15) is 0 Å². The summed E-state index contributed by atoms with van der Waals surface area (Å²) >= 11 is 0. The molecule has 1 aromatic heterocycles. The van der Waals surface area contributed by atoms with Crippen molar-refractivity contribution in [1.82, 2.24) is 15.4 Å². The maximum Gasteiger partial charge on any atom is 0.0890 e. The van der Waals surface area contributed by atoms with Crippen LogP contribution in [-0.2, 0) is 4.74 Å². The maximum atomic E-state index is 5.55. The minimum atomic E-state index is -0.149. The second-order valence-electron chi connectivity index (χ2n) is 4.38. The summed E-state index contributed by atoms with van der Waals surface area (Å²) in [5, 5.41) is 0. The predicted octanol–water partition coefficient (Wildman–Crippen LogP) is 1.56. The molecule has 0 aliphatic heterocycles. The summed E-state index contributed by atoms with van der Waals surface area (Å²) in [5.41, 5.74) is 5.24. The molecule has 0 aliphatic carbocycles. The molecule has 0 fully saturated rings.